The number of nitrogens with zero attached hydrogens (tertiary/aromatic N) is 3. The third-order valence-corrected chi connectivity index (χ3v) is 2.89. The van der Waals surface area contributed by atoms with Gasteiger partial charge in [0.1, 0.15) is 5.82 Å². The maximum atomic E-state index is 5.65. The van der Waals surface area contributed by atoms with E-state index >= 15 is 0 Å². The molecule has 0 spiro atoms. The van der Waals surface area contributed by atoms with Gasteiger partial charge < -0.3 is 4.57 Å². The number of hydrogen-bond donors (Lipinski definition) is 2. The van der Waals surface area contributed by atoms with E-state index in [1.165, 1.54) is 0 Å². The van der Waals surface area contributed by atoms with Crippen molar-refractivity contribution in [1.82, 2.24) is 20.0 Å². The first-order chi connectivity index (χ1) is 8.85. The molecule has 0 radical (unpaired) electrons. The molecule has 1 atom stereocenters. The van der Waals surface area contributed by atoms with Crippen molar-refractivity contribution >= 4 is 0 Å². The molecule has 2 aromatic heterocycles. The van der Waals surface area contributed by atoms with E-state index in [2.05, 4.69) is 26.9 Å². The van der Waals surface area contributed by atoms with Crippen LogP contribution in [0.4, 0.5) is 0 Å². The molecule has 0 saturated carbocycles. The van der Waals surface area contributed by atoms with Crippen LogP contribution in [0.5, 0.6) is 0 Å². The van der Waals surface area contributed by atoms with Gasteiger partial charge in [0, 0.05) is 31.3 Å². The van der Waals surface area contributed by atoms with Crippen LogP contribution in [0, 0.1) is 0 Å². The molecule has 18 heavy (non-hydrogen) atoms. The standard InChI is InChI=1S/C13H19N5/c1-2-7-18-8-6-16-13(18)12(17-14)9-11-4-3-5-15-10-11/h3-6,8,10,12,17H,2,7,9,14H2,1H3. The predicted octanol–water partition coefficient (Wildman–Crippen LogP) is 1.44. The highest BCUT2D eigenvalue weighted by atomic mass is 15.3. The van der Waals surface area contributed by atoms with E-state index in [1.54, 1.807) is 6.20 Å². The molecule has 0 fully saturated rings. The fraction of sp³-hybridized carbons (Fsp3) is 0.385. The number of imidazole rings is 1. The average Bonchev–Trinajstić information content (AvgIpc) is 2.86. The van der Waals surface area contributed by atoms with Crippen molar-refractivity contribution in [3.63, 3.8) is 0 Å². The van der Waals surface area contributed by atoms with E-state index < -0.39 is 0 Å². The molecule has 2 rings (SSSR count). The van der Waals surface area contributed by atoms with Crippen LogP contribution in [-0.4, -0.2) is 14.5 Å². The number of nitrogens with two attached hydrogens (primary N) is 1. The number of nitrogens with one attached hydrogen (secondary N) is 1. The molecule has 2 aromatic rings. The van der Waals surface area contributed by atoms with Gasteiger partial charge in [-0.2, -0.15) is 0 Å². The summed E-state index contributed by atoms with van der Waals surface area (Å²) in [5.74, 6) is 6.63. The number of aromatic nitrogens is 3. The largest absolute Gasteiger partial charge is 0.334 e. The average molecular weight is 245 g/mol. The van der Waals surface area contributed by atoms with E-state index in [0.29, 0.717) is 0 Å². The van der Waals surface area contributed by atoms with Crippen molar-refractivity contribution in [2.24, 2.45) is 5.84 Å². The SMILES string of the molecule is CCCn1ccnc1C(Cc1cccnc1)NN. The Balaban J connectivity index is 2.15. The van der Waals surface area contributed by atoms with Crippen molar-refractivity contribution in [2.75, 3.05) is 0 Å². The Bertz CT molecular complexity index is 465. The fourth-order valence-corrected chi connectivity index (χ4v) is 2.04. The molecule has 0 amide bonds. The molecule has 96 valence electrons. The van der Waals surface area contributed by atoms with Gasteiger partial charge in [-0.1, -0.05) is 13.0 Å². The Kier molecular flexibility index (Phi) is 4.44. The Morgan fingerprint density at radius 2 is 2.33 bits per heavy atom. The fourth-order valence-electron chi connectivity index (χ4n) is 2.04. The number of rotatable bonds is 6. The lowest BCUT2D eigenvalue weighted by atomic mass is 10.1. The number of aryl methyl sites for hydroxylation is 1. The maximum absolute atomic E-state index is 5.65. The van der Waals surface area contributed by atoms with E-state index in [9.17, 15) is 0 Å². The monoisotopic (exact) mass is 245 g/mol. The minimum Gasteiger partial charge on any atom is -0.334 e. The van der Waals surface area contributed by atoms with E-state index in [4.69, 9.17) is 5.84 Å². The first kappa shape index (κ1) is 12.7. The molecule has 0 aliphatic carbocycles. The lowest BCUT2D eigenvalue weighted by molar-refractivity contribution is 0.487. The second-order valence-corrected chi connectivity index (χ2v) is 4.26. The highest BCUT2D eigenvalue weighted by molar-refractivity contribution is 5.13. The summed E-state index contributed by atoms with van der Waals surface area (Å²) in [5.41, 5.74) is 3.99. The first-order valence-electron chi connectivity index (χ1n) is 6.21. The zero-order chi connectivity index (χ0) is 12.8. The van der Waals surface area contributed by atoms with Crippen LogP contribution in [0.3, 0.4) is 0 Å². The normalized spacial score (nSPS) is 12.6. The lowest BCUT2D eigenvalue weighted by Gasteiger charge is -2.17. The highest BCUT2D eigenvalue weighted by Crippen LogP contribution is 2.16. The number of hydrogen-bond acceptors (Lipinski definition) is 4. The van der Waals surface area contributed by atoms with Crippen molar-refractivity contribution in [2.45, 2.75) is 32.4 Å². The van der Waals surface area contributed by atoms with Gasteiger partial charge in [-0.25, -0.2) is 10.4 Å². The summed E-state index contributed by atoms with van der Waals surface area (Å²) in [6.07, 6.45) is 9.30. The highest BCUT2D eigenvalue weighted by Gasteiger charge is 2.15. The summed E-state index contributed by atoms with van der Waals surface area (Å²) in [7, 11) is 0. The van der Waals surface area contributed by atoms with Gasteiger partial charge in [0.05, 0.1) is 6.04 Å². The van der Waals surface area contributed by atoms with E-state index in [-0.39, 0.29) is 6.04 Å². The Labute approximate surface area is 107 Å². The topological polar surface area (TPSA) is 68.8 Å². The Morgan fingerprint density at radius 3 is 3.00 bits per heavy atom. The Morgan fingerprint density at radius 1 is 1.44 bits per heavy atom. The second-order valence-electron chi connectivity index (χ2n) is 4.26. The molecule has 0 aromatic carbocycles. The van der Waals surface area contributed by atoms with E-state index in [1.807, 2.05) is 30.7 Å². The lowest BCUT2D eigenvalue weighted by Crippen LogP contribution is -2.31. The molecular weight excluding hydrogens is 226 g/mol. The van der Waals surface area contributed by atoms with Crippen molar-refractivity contribution in [3.8, 4) is 0 Å². The third kappa shape index (κ3) is 2.94. The maximum Gasteiger partial charge on any atom is 0.127 e. The summed E-state index contributed by atoms with van der Waals surface area (Å²) in [6.45, 7) is 3.11. The van der Waals surface area contributed by atoms with Crippen LogP contribution < -0.4 is 11.3 Å². The van der Waals surface area contributed by atoms with Crippen LogP contribution >= 0.6 is 0 Å². The van der Waals surface area contributed by atoms with Crippen LogP contribution in [0.1, 0.15) is 30.8 Å². The summed E-state index contributed by atoms with van der Waals surface area (Å²) in [4.78, 5) is 8.52. The number of hydrazine groups is 1. The van der Waals surface area contributed by atoms with Gasteiger partial charge in [-0.05, 0) is 24.5 Å². The molecule has 0 bridgehead atoms. The molecule has 2 heterocycles. The van der Waals surface area contributed by atoms with Crippen molar-refractivity contribution in [1.29, 1.82) is 0 Å². The number of pyridine rings is 1. The van der Waals surface area contributed by atoms with Crippen LogP contribution in [0.2, 0.25) is 0 Å². The minimum atomic E-state index is 0.00995. The van der Waals surface area contributed by atoms with Crippen LogP contribution in [0.25, 0.3) is 0 Å². The van der Waals surface area contributed by atoms with Crippen LogP contribution in [-0.2, 0) is 13.0 Å². The second kappa shape index (κ2) is 6.28. The van der Waals surface area contributed by atoms with Crippen molar-refractivity contribution < 1.29 is 0 Å². The summed E-state index contributed by atoms with van der Waals surface area (Å²) in [5, 5.41) is 0. The van der Waals surface area contributed by atoms with Gasteiger partial charge in [-0.15, -0.1) is 0 Å². The van der Waals surface area contributed by atoms with Gasteiger partial charge >= 0.3 is 0 Å². The zero-order valence-electron chi connectivity index (χ0n) is 10.6. The molecular formula is C13H19N5. The Hall–Kier alpha value is -1.72. The first-order valence-corrected chi connectivity index (χ1v) is 6.21. The minimum absolute atomic E-state index is 0.00995. The molecule has 0 saturated heterocycles. The third-order valence-electron chi connectivity index (χ3n) is 2.89. The molecule has 1 unspecified atom stereocenters. The predicted molar refractivity (Wildman–Crippen MR) is 70.5 cm³/mol. The van der Waals surface area contributed by atoms with E-state index in [0.717, 1.165) is 30.8 Å². The van der Waals surface area contributed by atoms with Gasteiger partial charge in [-0.3, -0.25) is 10.8 Å². The summed E-state index contributed by atoms with van der Waals surface area (Å²) in [6, 6.07) is 3.99. The molecule has 5 nitrogen and oxygen atoms in total. The molecule has 0 aliphatic rings. The quantitative estimate of drug-likeness (QED) is 0.597. The van der Waals surface area contributed by atoms with Crippen LogP contribution in [0.15, 0.2) is 36.9 Å². The van der Waals surface area contributed by atoms with Gasteiger partial charge in [0.2, 0.25) is 0 Å². The smallest absolute Gasteiger partial charge is 0.127 e. The molecule has 5 heteroatoms. The molecule has 3 N–H and O–H groups in total. The van der Waals surface area contributed by atoms with Gasteiger partial charge in [0.15, 0.2) is 0 Å². The summed E-state index contributed by atoms with van der Waals surface area (Å²) >= 11 is 0. The molecule has 0 aliphatic heterocycles. The van der Waals surface area contributed by atoms with Crippen molar-refractivity contribution in [3.05, 3.63) is 48.3 Å². The summed E-state index contributed by atoms with van der Waals surface area (Å²) < 4.78 is 2.14. The zero-order valence-corrected chi connectivity index (χ0v) is 10.6. The van der Waals surface area contributed by atoms with Gasteiger partial charge in [0.25, 0.3) is 0 Å².